The van der Waals surface area contributed by atoms with E-state index in [0.717, 1.165) is 15.4 Å². The zero-order valence-corrected chi connectivity index (χ0v) is 16.0. The molecule has 0 heterocycles. The molecule has 2 rings (SSSR count). The summed E-state index contributed by atoms with van der Waals surface area (Å²) in [5.74, 6) is 1.92. The van der Waals surface area contributed by atoms with Crippen molar-refractivity contribution in [2.45, 2.75) is 46.1 Å². The van der Waals surface area contributed by atoms with Gasteiger partial charge in [-0.2, -0.15) is 0 Å². The van der Waals surface area contributed by atoms with Crippen LogP contribution in [0.2, 0.25) is 0 Å². The molecule has 0 aromatic heterocycles. The number of amides is 1. The third kappa shape index (κ3) is 4.56. The summed E-state index contributed by atoms with van der Waals surface area (Å²) in [4.78, 5) is 12.5. The fraction of sp³-hybridized carbons (Fsp3) is 0.588. The molecular formula is C17H23Br2NO. The quantitative estimate of drug-likeness (QED) is 0.701. The third-order valence-electron chi connectivity index (χ3n) is 4.46. The van der Waals surface area contributed by atoms with Gasteiger partial charge in [0.2, 0.25) is 0 Å². The number of benzene rings is 1. The van der Waals surface area contributed by atoms with Crippen molar-refractivity contribution in [3.63, 3.8) is 0 Å². The molecule has 4 heteroatoms. The topological polar surface area (TPSA) is 29.1 Å². The van der Waals surface area contributed by atoms with Crippen LogP contribution in [0.15, 0.2) is 27.1 Å². The first-order chi connectivity index (χ1) is 9.86. The maximum Gasteiger partial charge on any atom is 0.251 e. The Morgan fingerprint density at radius 1 is 1.19 bits per heavy atom. The molecule has 3 atom stereocenters. The van der Waals surface area contributed by atoms with Crippen molar-refractivity contribution < 1.29 is 4.79 Å². The van der Waals surface area contributed by atoms with Gasteiger partial charge in [-0.3, -0.25) is 4.79 Å². The van der Waals surface area contributed by atoms with Gasteiger partial charge in [0.15, 0.2) is 0 Å². The molecule has 0 saturated heterocycles. The number of halogens is 2. The van der Waals surface area contributed by atoms with Gasteiger partial charge in [0.1, 0.15) is 0 Å². The van der Waals surface area contributed by atoms with E-state index in [1.165, 1.54) is 12.8 Å². The largest absolute Gasteiger partial charge is 0.349 e. The molecule has 0 spiro atoms. The average molecular weight is 417 g/mol. The van der Waals surface area contributed by atoms with Gasteiger partial charge in [0.05, 0.1) is 0 Å². The van der Waals surface area contributed by atoms with E-state index < -0.39 is 0 Å². The molecule has 1 aromatic rings. The van der Waals surface area contributed by atoms with Crippen molar-refractivity contribution in [2.75, 3.05) is 0 Å². The molecule has 0 radical (unpaired) electrons. The van der Waals surface area contributed by atoms with Crippen LogP contribution in [0, 0.1) is 17.8 Å². The minimum absolute atomic E-state index is 0.0294. The van der Waals surface area contributed by atoms with E-state index in [2.05, 4.69) is 57.9 Å². The van der Waals surface area contributed by atoms with Crippen molar-refractivity contribution in [3.05, 3.63) is 32.7 Å². The molecule has 3 unspecified atom stereocenters. The standard InChI is InChI=1S/C17H23Br2NO/c1-10(2)15-5-4-11(3)6-16(15)20-17(21)12-7-13(18)9-14(19)8-12/h7-11,15-16H,4-6H2,1-3H3,(H,20,21). The fourth-order valence-corrected chi connectivity index (χ4v) is 4.60. The molecule has 21 heavy (non-hydrogen) atoms. The maximum atomic E-state index is 12.5. The predicted molar refractivity (Wildman–Crippen MR) is 94.4 cm³/mol. The van der Waals surface area contributed by atoms with Crippen molar-refractivity contribution in [1.29, 1.82) is 0 Å². The van der Waals surface area contributed by atoms with Crippen molar-refractivity contribution in [1.82, 2.24) is 5.32 Å². The fourth-order valence-electron chi connectivity index (χ4n) is 3.30. The highest BCUT2D eigenvalue weighted by atomic mass is 79.9. The zero-order valence-electron chi connectivity index (χ0n) is 12.8. The average Bonchev–Trinajstić information content (AvgIpc) is 2.37. The molecule has 1 aromatic carbocycles. The molecule has 1 aliphatic rings. The van der Waals surface area contributed by atoms with E-state index in [1.54, 1.807) is 0 Å². The van der Waals surface area contributed by atoms with Gasteiger partial charge in [0, 0.05) is 20.6 Å². The Labute approximate surface area is 144 Å². The first-order valence-corrected chi connectivity index (χ1v) is 9.22. The normalized spacial score (nSPS) is 25.9. The second-order valence-electron chi connectivity index (χ2n) is 6.56. The molecule has 1 saturated carbocycles. The second-order valence-corrected chi connectivity index (χ2v) is 8.40. The maximum absolute atomic E-state index is 12.5. The summed E-state index contributed by atoms with van der Waals surface area (Å²) in [6, 6.07) is 5.98. The highest BCUT2D eigenvalue weighted by Crippen LogP contribution is 2.33. The van der Waals surface area contributed by atoms with Gasteiger partial charge in [-0.25, -0.2) is 0 Å². The number of hydrogen-bond donors (Lipinski definition) is 1. The smallest absolute Gasteiger partial charge is 0.251 e. The third-order valence-corrected chi connectivity index (χ3v) is 5.38. The van der Waals surface area contributed by atoms with Crippen LogP contribution in [-0.2, 0) is 0 Å². The first kappa shape index (κ1) is 17.0. The number of nitrogens with one attached hydrogen (secondary N) is 1. The summed E-state index contributed by atoms with van der Waals surface area (Å²) < 4.78 is 1.83. The molecule has 1 fully saturated rings. The lowest BCUT2D eigenvalue weighted by Crippen LogP contribution is -2.45. The van der Waals surface area contributed by atoms with Gasteiger partial charge in [0.25, 0.3) is 5.91 Å². The first-order valence-electron chi connectivity index (χ1n) is 7.63. The highest BCUT2D eigenvalue weighted by Gasteiger charge is 2.31. The molecule has 0 aliphatic heterocycles. The van der Waals surface area contributed by atoms with E-state index in [9.17, 15) is 4.79 Å². The van der Waals surface area contributed by atoms with Crippen molar-refractivity contribution >= 4 is 37.8 Å². The Balaban J connectivity index is 2.12. The number of hydrogen-bond acceptors (Lipinski definition) is 1. The van der Waals surface area contributed by atoms with E-state index in [0.29, 0.717) is 29.4 Å². The van der Waals surface area contributed by atoms with Crippen LogP contribution >= 0.6 is 31.9 Å². The van der Waals surface area contributed by atoms with Crippen LogP contribution in [0.25, 0.3) is 0 Å². The van der Waals surface area contributed by atoms with Gasteiger partial charge in [-0.05, 0) is 48.8 Å². The van der Waals surface area contributed by atoms with E-state index in [1.807, 2.05) is 18.2 Å². The summed E-state index contributed by atoms with van der Waals surface area (Å²) in [5.41, 5.74) is 0.706. The van der Waals surface area contributed by atoms with Crippen LogP contribution in [0.1, 0.15) is 50.4 Å². The van der Waals surface area contributed by atoms with Crippen LogP contribution in [-0.4, -0.2) is 11.9 Å². The highest BCUT2D eigenvalue weighted by molar-refractivity contribution is 9.11. The van der Waals surface area contributed by atoms with Gasteiger partial charge in [-0.15, -0.1) is 0 Å². The van der Waals surface area contributed by atoms with Crippen LogP contribution in [0.5, 0.6) is 0 Å². The van der Waals surface area contributed by atoms with Gasteiger partial charge >= 0.3 is 0 Å². The Morgan fingerprint density at radius 2 is 1.81 bits per heavy atom. The number of carbonyl (C=O) groups is 1. The number of carbonyl (C=O) groups excluding carboxylic acids is 1. The zero-order chi connectivity index (χ0) is 15.6. The monoisotopic (exact) mass is 415 g/mol. The van der Waals surface area contributed by atoms with E-state index in [-0.39, 0.29) is 5.91 Å². The summed E-state index contributed by atoms with van der Waals surface area (Å²) in [6.07, 6.45) is 3.58. The molecule has 116 valence electrons. The number of rotatable bonds is 3. The summed E-state index contributed by atoms with van der Waals surface area (Å²) in [7, 11) is 0. The Hall–Kier alpha value is -0.350. The Bertz CT molecular complexity index is 495. The summed E-state index contributed by atoms with van der Waals surface area (Å²) >= 11 is 6.88. The Morgan fingerprint density at radius 3 is 2.38 bits per heavy atom. The lowest BCUT2D eigenvalue weighted by atomic mass is 9.74. The second kappa shape index (κ2) is 7.28. The molecule has 0 bridgehead atoms. The lowest BCUT2D eigenvalue weighted by molar-refractivity contribution is 0.0867. The molecule has 2 nitrogen and oxygen atoms in total. The molecule has 1 N–H and O–H groups in total. The minimum atomic E-state index is 0.0294. The van der Waals surface area contributed by atoms with Crippen molar-refractivity contribution in [2.24, 2.45) is 17.8 Å². The molecule has 1 amide bonds. The van der Waals surface area contributed by atoms with Crippen molar-refractivity contribution in [3.8, 4) is 0 Å². The van der Waals surface area contributed by atoms with E-state index in [4.69, 9.17) is 0 Å². The van der Waals surface area contributed by atoms with E-state index >= 15 is 0 Å². The predicted octanol–water partition coefficient (Wildman–Crippen LogP) is 5.40. The Kier molecular flexibility index (Phi) is 5.89. The van der Waals surface area contributed by atoms with Gasteiger partial charge < -0.3 is 5.32 Å². The van der Waals surface area contributed by atoms with Crippen LogP contribution in [0.4, 0.5) is 0 Å². The molecular weight excluding hydrogens is 394 g/mol. The van der Waals surface area contributed by atoms with Crippen LogP contribution in [0.3, 0.4) is 0 Å². The summed E-state index contributed by atoms with van der Waals surface area (Å²) in [6.45, 7) is 6.80. The van der Waals surface area contributed by atoms with Gasteiger partial charge in [-0.1, -0.05) is 59.1 Å². The summed E-state index contributed by atoms with van der Waals surface area (Å²) in [5, 5.41) is 3.27. The van der Waals surface area contributed by atoms with Crippen LogP contribution < -0.4 is 5.32 Å². The minimum Gasteiger partial charge on any atom is -0.349 e. The molecule has 1 aliphatic carbocycles. The lowest BCUT2D eigenvalue weighted by Gasteiger charge is -2.37. The SMILES string of the molecule is CC1CCC(C(C)C)C(NC(=O)c2cc(Br)cc(Br)c2)C1.